The van der Waals surface area contributed by atoms with Gasteiger partial charge >= 0.3 is 0 Å². The summed E-state index contributed by atoms with van der Waals surface area (Å²) >= 11 is 0. The molecule has 1 aromatic rings. The molecule has 0 aromatic heterocycles. The topological polar surface area (TPSA) is 94.2 Å². The third kappa shape index (κ3) is 4.20. The van der Waals surface area contributed by atoms with Gasteiger partial charge < -0.3 is 19.5 Å². The predicted molar refractivity (Wildman–Crippen MR) is 83.1 cm³/mol. The molecule has 0 spiro atoms. The van der Waals surface area contributed by atoms with Crippen molar-refractivity contribution in [2.24, 2.45) is 0 Å². The Morgan fingerprint density at radius 1 is 1.30 bits per heavy atom. The van der Waals surface area contributed by atoms with E-state index in [2.05, 4.69) is 5.32 Å². The first kappa shape index (κ1) is 17.7. The largest absolute Gasteiger partial charge is 0.495 e. The molecule has 0 unspecified atom stereocenters. The number of anilines is 1. The van der Waals surface area contributed by atoms with Crippen LogP contribution in [0.4, 0.5) is 5.69 Å². The molecule has 0 saturated carbocycles. The second kappa shape index (κ2) is 7.73. The van der Waals surface area contributed by atoms with Gasteiger partial charge in [-0.05, 0) is 18.2 Å². The maximum atomic E-state index is 12.6. The van der Waals surface area contributed by atoms with Gasteiger partial charge in [-0.1, -0.05) is 0 Å². The molecule has 1 heterocycles. The van der Waals surface area contributed by atoms with E-state index in [4.69, 9.17) is 14.2 Å². The van der Waals surface area contributed by atoms with E-state index in [1.165, 1.54) is 36.7 Å². The molecule has 0 bridgehead atoms. The molecule has 1 aromatic carbocycles. The van der Waals surface area contributed by atoms with Crippen LogP contribution in [0.3, 0.4) is 0 Å². The average Bonchev–Trinajstić information content (AvgIpc) is 2.55. The Balaban J connectivity index is 2.30. The minimum atomic E-state index is -3.64. The smallest absolute Gasteiger partial charge is 0.250 e. The van der Waals surface area contributed by atoms with Crippen LogP contribution in [0.5, 0.6) is 5.75 Å². The first-order valence-corrected chi connectivity index (χ1v) is 8.47. The zero-order valence-electron chi connectivity index (χ0n) is 13.1. The standard InChI is InChI=1S/C14H20N2O6S/c1-20-10-14(17)15-12-9-11(3-4-13(12)21-2)23(18,19)16-5-7-22-8-6-16/h3-4,9H,5-8,10H2,1-2H3,(H,15,17). The number of hydrogen-bond acceptors (Lipinski definition) is 6. The number of amides is 1. The fourth-order valence-electron chi connectivity index (χ4n) is 2.20. The van der Waals surface area contributed by atoms with E-state index in [-0.39, 0.29) is 17.2 Å². The van der Waals surface area contributed by atoms with E-state index in [9.17, 15) is 13.2 Å². The van der Waals surface area contributed by atoms with Crippen molar-refractivity contribution < 1.29 is 27.4 Å². The minimum Gasteiger partial charge on any atom is -0.495 e. The summed E-state index contributed by atoms with van der Waals surface area (Å²) in [5, 5.41) is 2.58. The van der Waals surface area contributed by atoms with Gasteiger partial charge in [0.25, 0.3) is 0 Å². The predicted octanol–water partition coefficient (Wildman–Crippen LogP) is 0.301. The normalized spacial score (nSPS) is 16.1. The number of ether oxygens (including phenoxy) is 3. The number of nitrogens with zero attached hydrogens (tertiary/aromatic N) is 1. The molecule has 1 amide bonds. The Morgan fingerprint density at radius 3 is 2.61 bits per heavy atom. The van der Waals surface area contributed by atoms with Gasteiger partial charge in [0.1, 0.15) is 12.4 Å². The third-order valence-corrected chi connectivity index (χ3v) is 5.22. The van der Waals surface area contributed by atoms with E-state index in [0.717, 1.165) is 0 Å². The van der Waals surface area contributed by atoms with Crippen LogP contribution in [-0.4, -0.2) is 65.8 Å². The number of hydrogen-bond donors (Lipinski definition) is 1. The molecule has 1 saturated heterocycles. The van der Waals surface area contributed by atoms with Crippen molar-refractivity contribution in [1.29, 1.82) is 0 Å². The number of sulfonamides is 1. The minimum absolute atomic E-state index is 0.0907. The first-order chi connectivity index (χ1) is 11.0. The average molecular weight is 344 g/mol. The highest BCUT2D eigenvalue weighted by atomic mass is 32.2. The SMILES string of the molecule is COCC(=O)Nc1cc(S(=O)(=O)N2CCOCC2)ccc1OC. The van der Waals surface area contributed by atoms with Crippen LogP contribution in [0.2, 0.25) is 0 Å². The van der Waals surface area contributed by atoms with Crippen LogP contribution in [0, 0.1) is 0 Å². The maximum Gasteiger partial charge on any atom is 0.250 e. The highest BCUT2D eigenvalue weighted by Crippen LogP contribution is 2.29. The molecule has 0 aliphatic carbocycles. The first-order valence-electron chi connectivity index (χ1n) is 7.03. The van der Waals surface area contributed by atoms with Crippen LogP contribution in [0.15, 0.2) is 23.1 Å². The van der Waals surface area contributed by atoms with Gasteiger partial charge in [0.05, 0.1) is 30.9 Å². The van der Waals surface area contributed by atoms with Crippen molar-refractivity contribution >= 4 is 21.6 Å². The van der Waals surface area contributed by atoms with E-state index in [1.807, 2.05) is 0 Å². The number of rotatable bonds is 6. The maximum absolute atomic E-state index is 12.6. The van der Waals surface area contributed by atoms with Crippen LogP contribution in [0.1, 0.15) is 0 Å². The molecule has 1 N–H and O–H groups in total. The lowest BCUT2D eigenvalue weighted by atomic mass is 10.3. The third-order valence-electron chi connectivity index (χ3n) is 3.33. The summed E-state index contributed by atoms with van der Waals surface area (Å²) < 4.78 is 41.7. The zero-order chi connectivity index (χ0) is 16.9. The van der Waals surface area contributed by atoms with Gasteiger partial charge in [-0.15, -0.1) is 0 Å². The Labute approximate surface area is 135 Å². The van der Waals surface area contributed by atoms with Crippen molar-refractivity contribution in [3.05, 3.63) is 18.2 Å². The van der Waals surface area contributed by atoms with Gasteiger partial charge in [-0.25, -0.2) is 8.42 Å². The van der Waals surface area contributed by atoms with Crippen molar-refractivity contribution in [2.75, 3.05) is 52.4 Å². The number of benzene rings is 1. The Hall–Kier alpha value is -1.68. The summed E-state index contributed by atoms with van der Waals surface area (Å²) in [6, 6.07) is 4.35. The quantitative estimate of drug-likeness (QED) is 0.798. The highest BCUT2D eigenvalue weighted by molar-refractivity contribution is 7.89. The summed E-state index contributed by atoms with van der Waals surface area (Å²) in [7, 11) is -0.802. The van der Waals surface area contributed by atoms with Gasteiger partial charge in [0, 0.05) is 20.2 Å². The molecule has 2 rings (SSSR count). The van der Waals surface area contributed by atoms with Crippen LogP contribution >= 0.6 is 0 Å². The lowest BCUT2D eigenvalue weighted by Crippen LogP contribution is -2.40. The van der Waals surface area contributed by atoms with E-state index >= 15 is 0 Å². The molecule has 1 aliphatic rings. The highest BCUT2D eigenvalue weighted by Gasteiger charge is 2.27. The number of carbonyl (C=O) groups is 1. The lowest BCUT2D eigenvalue weighted by Gasteiger charge is -2.26. The van der Waals surface area contributed by atoms with Gasteiger partial charge in [0.2, 0.25) is 15.9 Å². The van der Waals surface area contributed by atoms with Crippen molar-refractivity contribution in [3.8, 4) is 5.75 Å². The van der Waals surface area contributed by atoms with E-state index < -0.39 is 15.9 Å². The van der Waals surface area contributed by atoms with E-state index in [1.54, 1.807) is 0 Å². The molecule has 8 nitrogen and oxygen atoms in total. The second-order valence-electron chi connectivity index (χ2n) is 4.86. The number of carbonyl (C=O) groups excluding carboxylic acids is 1. The molecule has 9 heteroatoms. The Bertz CT molecular complexity index is 655. The zero-order valence-corrected chi connectivity index (χ0v) is 13.9. The molecule has 128 valence electrons. The molecule has 1 aliphatic heterocycles. The fraction of sp³-hybridized carbons (Fsp3) is 0.500. The van der Waals surface area contributed by atoms with E-state index in [0.29, 0.717) is 32.1 Å². The van der Waals surface area contributed by atoms with Crippen LogP contribution in [-0.2, 0) is 24.3 Å². The molecule has 1 fully saturated rings. The summed E-state index contributed by atoms with van der Waals surface area (Å²) in [4.78, 5) is 11.8. The Kier molecular flexibility index (Phi) is 5.94. The van der Waals surface area contributed by atoms with Crippen molar-refractivity contribution in [1.82, 2.24) is 4.31 Å². The lowest BCUT2D eigenvalue weighted by molar-refractivity contribution is -0.119. The molecular weight excluding hydrogens is 324 g/mol. The number of methoxy groups -OCH3 is 2. The second-order valence-corrected chi connectivity index (χ2v) is 6.80. The van der Waals surface area contributed by atoms with Crippen molar-refractivity contribution in [2.45, 2.75) is 4.90 Å². The molecular formula is C14H20N2O6S. The summed E-state index contributed by atoms with van der Waals surface area (Å²) in [5.41, 5.74) is 0.281. The number of nitrogens with one attached hydrogen (secondary N) is 1. The summed E-state index contributed by atoms with van der Waals surface area (Å²) in [5.74, 6) is -0.0258. The van der Waals surface area contributed by atoms with Crippen molar-refractivity contribution in [3.63, 3.8) is 0 Å². The van der Waals surface area contributed by atoms with Gasteiger partial charge in [-0.2, -0.15) is 4.31 Å². The summed E-state index contributed by atoms with van der Waals surface area (Å²) in [6.45, 7) is 1.21. The summed E-state index contributed by atoms with van der Waals surface area (Å²) in [6.07, 6.45) is 0. The molecule has 23 heavy (non-hydrogen) atoms. The van der Waals surface area contributed by atoms with Gasteiger partial charge in [-0.3, -0.25) is 4.79 Å². The fourth-order valence-corrected chi connectivity index (χ4v) is 3.63. The monoisotopic (exact) mass is 344 g/mol. The Morgan fingerprint density at radius 2 is 2.00 bits per heavy atom. The van der Waals surface area contributed by atoms with Crippen LogP contribution < -0.4 is 10.1 Å². The molecule has 0 atom stereocenters. The number of morpholine rings is 1. The van der Waals surface area contributed by atoms with Crippen LogP contribution in [0.25, 0.3) is 0 Å². The molecule has 0 radical (unpaired) electrons. The van der Waals surface area contributed by atoms with Gasteiger partial charge in [0.15, 0.2) is 0 Å².